The zero-order valence-electron chi connectivity index (χ0n) is 9.69. The highest BCUT2D eigenvalue weighted by Gasteiger charge is 2.16. The molecule has 1 aromatic rings. The number of aromatic nitrogens is 2. The van der Waals surface area contributed by atoms with Gasteiger partial charge in [0, 0.05) is 26.3 Å². The molecule has 0 radical (unpaired) electrons. The first kappa shape index (κ1) is 11.3. The first-order chi connectivity index (χ1) is 7.75. The summed E-state index contributed by atoms with van der Waals surface area (Å²) in [7, 11) is 1.87. The van der Waals surface area contributed by atoms with Crippen LogP contribution in [0.15, 0.2) is 12.5 Å². The number of ketones is 1. The topological polar surface area (TPSA) is 44.1 Å². The molecule has 1 atom stereocenters. The molecule has 4 nitrogen and oxygen atoms in total. The van der Waals surface area contributed by atoms with Gasteiger partial charge in [-0.2, -0.15) is 0 Å². The number of ether oxygens (including phenoxy) is 1. The van der Waals surface area contributed by atoms with Crippen LogP contribution in [0.1, 0.15) is 42.6 Å². The maximum atomic E-state index is 11.7. The second kappa shape index (κ2) is 5.25. The summed E-state index contributed by atoms with van der Waals surface area (Å²) in [6.45, 7) is 0.888. The molecular formula is C12H18N2O2. The third kappa shape index (κ3) is 2.92. The first-order valence-electron chi connectivity index (χ1n) is 5.88. The van der Waals surface area contributed by atoms with E-state index in [1.807, 2.05) is 7.05 Å². The molecule has 0 aromatic carbocycles. The summed E-state index contributed by atoms with van der Waals surface area (Å²) < 4.78 is 7.31. The first-order valence-corrected chi connectivity index (χ1v) is 5.88. The lowest BCUT2D eigenvalue weighted by molar-refractivity contribution is 0.0919. The Bertz CT molecular complexity index is 354. The lowest BCUT2D eigenvalue weighted by Crippen LogP contribution is -2.06. The van der Waals surface area contributed by atoms with Crippen LogP contribution in [0.4, 0.5) is 0 Å². The maximum absolute atomic E-state index is 11.7. The molecule has 16 heavy (non-hydrogen) atoms. The number of hydrogen-bond donors (Lipinski definition) is 0. The highest BCUT2D eigenvalue weighted by molar-refractivity contribution is 5.93. The Labute approximate surface area is 95.6 Å². The molecule has 1 aromatic heterocycles. The molecule has 0 saturated carbocycles. The van der Waals surface area contributed by atoms with Crippen molar-refractivity contribution >= 4 is 5.78 Å². The SMILES string of the molecule is Cn1cnc(C(=O)CCCC2CCCO2)c1. The summed E-state index contributed by atoms with van der Waals surface area (Å²) in [4.78, 5) is 15.8. The molecule has 0 N–H and O–H groups in total. The van der Waals surface area contributed by atoms with E-state index >= 15 is 0 Å². The average Bonchev–Trinajstić information content (AvgIpc) is 2.89. The van der Waals surface area contributed by atoms with Gasteiger partial charge in [0.05, 0.1) is 12.4 Å². The van der Waals surface area contributed by atoms with Crippen molar-refractivity contribution in [3.8, 4) is 0 Å². The minimum atomic E-state index is 0.138. The van der Waals surface area contributed by atoms with Gasteiger partial charge in [0.25, 0.3) is 0 Å². The number of nitrogens with zero attached hydrogens (tertiary/aromatic N) is 2. The van der Waals surface area contributed by atoms with E-state index in [0.29, 0.717) is 18.2 Å². The Morgan fingerprint density at radius 2 is 2.56 bits per heavy atom. The van der Waals surface area contributed by atoms with E-state index in [4.69, 9.17) is 4.74 Å². The third-order valence-corrected chi connectivity index (χ3v) is 2.94. The maximum Gasteiger partial charge on any atom is 0.182 e. The van der Waals surface area contributed by atoms with Crippen molar-refractivity contribution in [2.45, 2.75) is 38.2 Å². The van der Waals surface area contributed by atoms with Crippen LogP contribution in [-0.2, 0) is 11.8 Å². The minimum Gasteiger partial charge on any atom is -0.378 e. The van der Waals surface area contributed by atoms with Gasteiger partial charge >= 0.3 is 0 Å². The molecule has 2 rings (SSSR count). The number of rotatable bonds is 5. The number of carbonyl (C=O) groups excluding carboxylic acids is 1. The van der Waals surface area contributed by atoms with E-state index in [9.17, 15) is 4.79 Å². The Morgan fingerprint density at radius 3 is 3.19 bits per heavy atom. The molecule has 0 bridgehead atoms. The minimum absolute atomic E-state index is 0.138. The molecule has 1 saturated heterocycles. The van der Waals surface area contributed by atoms with E-state index in [2.05, 4.69) is 4.98 Å². The van der Waals surface area contributed by atoms with Crippen LogP contribution in [0.25, 0.3) is 0 Å². The summed E-state index contributed by atoms with van der Waals surface area (Å²) in [6, 6.07) is 0. The largest absolute Gasteiger partial charge is 0.378 e. The Kier molecular flexibility index (Phi) is 3.72. The van der Waals surface area contributed by atoms with Gasteiger partial charge in [0.1, 0.15) is 5.69 Å². The van der Waals surface area contributed by atoms with Crippen molar-refractivity contribution in [1.29, 1.82) is 0 Å². The zero-order valence-corrected chi connectivity index (χ0v) is 9.69. The van der Waals surface area contributed by atoms with E-state index in [-0.39, 0.29) is 5.78 Å². The van der Waals surface area contributed by atoms with E-state index in [0.717, 1.165) is 25.9 Å². The van der Waals surface area contributed by atoms with Crippen molar-refractivity contribution in [1.82, 2.24) is 9.55 Å². The second-order valence-electron chi connectivity index (χ2n) is 4.37. The van der Waals surface area contributed by atoms with Crippen LogP contribution in [0.2, 0.25) is 0 Å². The lowest BCUT2D eigenvalue weighted by atomic mass is 10.1. The smallest absolute Gasteiger partial charge is 0.182 e. The highest BCUT2D eigenvalue weighted by Crippen LogP contribution is 2.18. The molecule has 1 aliphatic heterocycles. The molecule has 0 aliphatic carbocycles. The van der Waals surface area contributed by atoms with Crippen LogP contribution in [0.3, 0.4) is 0 Å². The van der Waals surface area contributed by atoms with Crippen molar-refractivity contribution < 1.29 is 9.53 Å². The van der Waals surface area contributed by atoms with Crippen LogP contribution >= 0.6 is 0 Å². The number of imidazole rings is 1. The zero-order chi connectivity index (χ0) is 11.4. The predicted octanol–water partition coefficient (Wildman–Crippen LogP) is 1.95. The number of Topliss-reactive ketones (excluding diaryl/α,β-unsaturated/α-hetero) is 1. The van der Waals surface area contributed by atoms with Crippen molar-refractivity contribution in [3.63, 3.8) is 0 Å². The monoisotopic (exact) mass is 222 g/mol. The Hall–Kier alpha value is -1.16. The fourth-order valence-electron chi connectivity index (χ4n) is 2.05. The molecular weight excluding hydrogens is 204 g/mol. The number of hydrogen-bond acceptors (Lipinski definition) is 3. The summed E-state index contributed by atoms with van der Waals surface area (Å²) >= 11 is 0. The van der Waals surface area contributed by atoms with Gasteiger partial charge < -0.3 is 9.30 Å². The summed E-state index contributed by atoms with van der Waals surface area (Å²) in [5.74, 6) is 0.138. The number of carbonyl (C=O) groups is 1. The average molecular weight is 222 g/mol. The van der Waals surface area contributed by atoms with Crippen molar-refractivity contribution in [2.24, 2.45) is 7.05 Å². The molecule has 88 valence electrons. The standard InChI is InChI=1S/C12H18N2O2/c1-14-8-11(13-9-14)12(15)6-2-4-10-5-3-7-16-10/h8-10H,2-7H2,1H3. The van der Waals surface area contributed by atoms with Gasteiger partial charge in [0.15, 0.2) is 5.78 Å². The summed E-state index contributed by atoms with van der Waals surface area (Å²) in [5.41, 5.74) is 0.579. The van der Waals surface area contributed by atoms with Crippen LogP contribution in [0, 0.1) is 0 Å². The van der Waals surface area contributed by atoms with Gasteiger partial charge in [-0.1, -0.05) is 0 Å². The lowest BCUT2D eigenvalue weighted by Gasteiger charge is -2.07. The Balaban J connectivity index is 1.71. The Morgan fingerprint density at radius 1 is 1.69 bits per heavy atom. The van der Waals surface area contributed by atoms with Gasteiger partial charge in [-0.25, -0.2) is 4.98 Å². The van der Waals surface area contributed by atoms with Gasteiger partial charge in [-0.3, -0.25) is 4.79 Å². The van der Waals surface area contributed by atoms with Gasteiger partial charge in [0.2, 0.25) is 0 Å². The summed E-state index contributed by atoms with van der Waals surface area (Å²) in [5, 5.41) is 0. The normalized spacial score (nSPS) is 20.2. The summed E-state index contributed by atoms with van der Waals surface area (Å²) in [6.07, 6.45) is 8.62. The van der Waals surface area contributed by atoms with Gasteiger partial charge in [-0.05, 0) is 25.7 Å². The van der Waals surface area contributed by atoms with E-state index < -0.39 is 0 Å². The third-order valence-electron chi connectivity index (χ3n) is 2.94. The molecule has 2 heterocycles. The molecule has 0 spiro atoms. The number of aryl methyl sites for hydroxylation is 1. The highest BCUT2D eigenvalue weighted by atomic mass is 16.5. The van der Waals surface area contributed by atoms with Crippen molar-refractivity contribution in [3.05, 3.63) is 18.2 Å². The fourth-order valence-corrected chi connectivity index (χ4v) is 2.05. The van der Waals surface area contributed by atoms with Gasteiger partial charge in [-0.15, -0.1) is 0 Å². The quantitative estimate of drug-likeness (QED) is 0.715. The van der Waals surface area contributed by atoms with Crippen LogP contribution < -0.4 is 0 Å². The van der Waals surface area contributed by atoms with E-state index in [1.54, 1.807) is 17.1 Å². The molecule has 1 unspecified atom stereocenters. The molecule has 1 aliphatic rings. The molecule has 4 heteroatoms. The fraction of sp³-hybridized carbons (Fsp3) is 0.667. The molecule has 0 amide bonds. The van der Waals surface area contributed by atoms with Crippen LogP contribution in [0.5, 0.6) is 0 Å². The van der Waals surface area contributed by atoms with Crippen molar-refractivity contribution in [2.75, 3.05) is 6.61 Å². The van der Waals surface area contributed by atoms with E-state index in [1.165, 1.54) is 6.42 Å². The molecule has 1 fully saturated rings. The second-order valence-corrected chi connectivity index (χ2v) is 4.37. The predicted molar refractivity (Wildman–Crippen MR) is 60.4 cm³/mol. The van der Waals surface area contributed by atoms with Crippen LogP contribution in [-0.4, -0.2) is 28.0 Å².